The van der Waals surface area contributed by atoms with Crippen molar-refractivity contribution in [2.75, 3.05) is 27.3 Å². The maximum Gasteiger partial charge on any atom is 0.407 e. The van der Waals surface area contributed by atoms with E-state index in [1.54, 1.807) is 12.4 Å². The summed E-state index contributed by atoms with van der Waals surface area (Å²) in [6.07, 6.45) is 1.69. The van der Waals surface area contributed by atoms with Crippen LogP contribution in [0.4, 0.5) is 14.0 Å². The van der Waals surface area contributed by atoms with E-state index < -0.39 is 42.4 Å². The van der Waals surface area contributed by atoms with Crippen molar-refractivity contribution in [2.45, 2.75) is 84.5 Å². The summed E-state index contributed by atoms with van der Waals surface area (Å²) in [5.41, 5.74) is 6.20. The van der Waals surface area contributed by atoms with Crippen LogP contribution in [0, 0.1) is 17.8 Å². The lowest BCUT2D eigenvalue weighted by molar-refractivity contribution is -0.136. The highest BCUT2D eigenvalue weighted by Crippen LogP contribution is 2.42. The van der Waals surface area contributed by atoms with E-state index in [9.17, 15) is 23.6 Å². The van der Waals surface area contributed by atoms with Crippen molar-refractivity contribution in [2.24, 2.45) is 17.8 Å². The fourth-order valence-electron chi connectivity index (χ4n) is 8.85. The molecule has 4 N–H and O–H groups in total. The van der Waals surface area contributed by atoms with Gasteiger partial charge in [-0.15, -0.1) is 0 Å². The van der Waals surface area contributed by atoms with E-state index in [1.807, 2.05) is 56.9 Å². The SMILES string of the molecule is COC(=O)N[C@H](C(=O)N1CC(C)C[C@H]1c1ncc(-c2ccc3c(c2)cc2n3COc3cc(-c4cnc([C@@H]5C[C@@H](F)CN5C(=O)[C@H](NC(=O)OC)C(C)C)[nH]4)ccc3-2)[nH]1)C(C)C. The highest BCUT2D eigenvalue weighted by Gasteiger charge is 2.42. The summed E-state index contributed by atoms with van der Waals surface area (Å²) >= 11 is 0. The number of H-pyrrole nitrogens is 2. The molecule has 3 aromatic heterocycles. The number of benzene rings is 2. The number of aromatic nitrogens is 5. The van der Waals surface area contributed by atoms with E-state index in [2.05, 4.69) is 55.3 Å². The second kappa shape index (κ2) is 16.6. The molecule has 2 fully saturated rings. The van der Waals surface area contributed by atoms with Crippen molar-refractivity contribution in [1.82, 2.24) is 44.9 Å². The predicted molar refractivity (Wildman–Crippen MR) is 224 cm³/mol. The molecule has 3 aliphatic heterocycles. The minimum absolute atomic E-state index is 0.0821. The zero-order valence-corrected chi connectivity index (χ0v) is 35.3. The number of carbonyl (C=O) groups excluding carboxylic acids is 4. The Morgan fingerprint density at radius 1 is 0.787 bits per heavy atom. The number of alkyl halides is 1. The summed E-state index contributed by atoms with van der Waals surface area (Å²) in [6, 6.07) is 11.8. The second-order valence-corrected chi connectivity index (χ2v) is 17.0. The number of nitrogens with one attached hydrogen (secondary N) is 4. The molecule has 16 nitrogen and oxygen atoms in total. The van der Waals surface area contributed by atoms with Crippen molar-refractivity contribution < 1.29 is 37.8 Å². The third-order valence-electron chi connectivity index (χ3n) is 12.1. The molecule has 6 atom stereocenters. The molecule has 0 saturated carbocycles. The minimum Gasteiger partial charge on any atom is -0.472 e. The molecule has 322 valence electrons. The van der Waals surface area contributed by atoms with Crippen molar-refractivity contribution in [1.29, 1.82) is 0 Å². The van der Waals surface area contributed by atoms with Crippen LogP contribution in [0.3, 0.4) is 0 Å². The smallest absolute Gasteiger partial charge is 0.407 e. The number of methoxy groups -OCH3 is 2. The molecule has 61 heavy (non-hydrogen) atoms. The summed E-state index contributed by atoms with van der Waals surface area (Å²) in [5.74, 6) is 1.16. The standard InChI is InChI=1S/C44H52FN9O7/c1-22(2)37(50-43(57)59-6)41(55)52-19-24(5)12-34(52)39-46-17-30(48-39)25-9-11-32-27(13-25)14-33-29-10-8-26(15-36(29)61-21-54(32)33)31-18-47-40(49-31)35-16-28(45)20-53(35)42(56)38(23(3)4)51-44(58)60-7/h8-11,13-15,17-18,22-24,28,34-35,37-38H,12,16,19-21H2,1-7H3,(H,46,48)(H,47,49)(H,50,57)(H,51,58)/t24?,28-,34+,35+,37+,38-/m1/s1. The van der Waals surface area contributed by atoms with Crippen LogP contribution in [-0.4, -0.2) is 104 Å². The minimum atomic E-state index is -1.24. The van der Waals surface area contributed by atoms with Crippen LogP contribution in [0.15, 0.2) is 54.9 Å². The maximum atomic E-state index is 14.9. The Morgan fingerprint density at radius 3 is 1.93 bits per heavy atom. The number of aromatic amines is 2. The Labute approximate surface area is 352 Å². The fraction of sp³-hybridized carbons (Fsp3) is 0.455. The summed E-state index contributed by atoms with van der Waals surface area (Å²) in [4.78, 5) is 70.9. The van der Waals surface area contributed by atoms with Gasteiger partial charge in [0.15, 0.2) is 6.73 Å². The lowest BCUT2D eigenvalue weighted by Crippen LogP contribution is -2.51. The molecule has 4 amide bonds. The largest absolute Gasteiger partial charge is 0.472 e. The zero-order valence-electron chi connectivity index (χ0n) is 35.3. The van der Waals surface area contributed by atoms with E-state index in [4.69, 9.17) is 19.2 Å². The average Bonchev–Trinajstić information content (AvgIpc) is 4.10. The van der Waals surface area contributed by atoms with Crippen LogP contribution in [0.2, 0.25) is 0 Å². The van der Waals surface area contributed by atoms with Gasteiger partial charge in [-0.3, -0.25) is 9.59 Å². The summed E-state index contributed by atoms with van der Waals surface area (Å²) < 4.78 is 32.8. The van der Waals surface area contributed by atoms with Gasteiger partial charge in [0.25, 0.3) is 0 Å². The number of rotatable bonds is 10. The molecule has 8 rings (SSSR count). The molecule has 0 radical (unpaired) electrons. The average molecular weight is 838 g/mol. The molecule has 2 aromatic carbocycles. The van der Waals surface area contributed by atoms with Crippen LogP contribution in [0.25, 0.3) is 44.7 Å². The molecule has 5 aromatic rings. The lowest BCUT2D eigenvalue weighted by atomic mass is 10.0. The van der Waals surface area contributed by atoms with E-state index >= 15 is 0 Å². The van der Waals surface area contributed by atoms with E-state index in [-0.39, 0.29) is 42.7 Å². The number of likely N-dealkylation sites (tertiary alicyclic amines) is 2. The summed E-state index contributed by atoms with van der Waals surface area (Å²) in [6.45, 7) is 10.3. The van der Waals surface area contributed by atoms with Gasteiger partial charge < -0.3 is 49.2 Å². The predicted octanol–water partition coefficient (Wildman–Crippen LogP) is 6.72. The van der Waals surface area contributed by atoms with Crippen LogP contribution in [-0.2, 0) is 25.8 Å². The number of imidazole rings is 2. The van der Waals surface area contributed by atoms with Crippen molar-refractivity contribution in [3.05, 3.63) is 66.5 Å². The molecular weight excluding hydrogens is 786 g/mol. The van der Waals surface area contributed by atoms with Gasteiger partial charge in [0.05, 0.1) is 67.8 Å². The molecule has 1 unspecified atom stereocenters. The number of halogens is 1. The first kappa shape index (κ1) is 41.3. The van der Waals surface area contributed by atoms with Gasteiger partial charge in [0.1, 0.15) is 35.7 Å². The Hall–Kier alpha value is -6.39. The van der Waals surface area contributed by atoms with Crippen LogP contribution < -0.4 is 15.4 Å². The molecule has 17 heteroatoms. The number of hydrogen-bond acceptors (Lipinski definition) is 9. The van der Waals surface area contributed by atoms with Gasteiger partial charge in [-0.25, -0.2) is 23.9 Å². The number of alkyl carbamates (subject to hydrolysis) is 2. The Balaban J connectivity index is 1.01. The van der Waals surface area contributed by atoms with Crippen LogP contribution in [0.5, 0.6) is 5.75 Å². The van der Waals surface area contributed by atoms with Crippen molar-refractivity contribution in [3.8, 4) is 39.5 Å². The van der Waals surface area contributed by atoms with Gasteiger partial charge in [-0.05, 0) is 54.5 Å². The number of carbonyl (C=O) groups is 4. The number of ether oxygens (including phenoxy) is 3. The van der Waals surface area contributed by atoms with Crippen LogP contribution >= 0.6 is 0 Å². The van der Waals surface area contributed by atoms with Crippen molar-refractivity contribution >= 4 is 34.9 Å². The fourth-order valence-corrected chi connectivity index (χ4v) is 8.85. The number of fused-ring (bicyclic) bond motifs is 5. The Morgan fingerprint density at radius 2 is 1.34 bits per heavy atom. The third-order valence-corrected chi connectivity index (χ3v) is 12.1. The van der Waals surface area contributed by atoms with Crippen LogP contribution in [0.1, 0.15) is 71.2 Å². The van der Waals surface area contributed by atoms with Gasteiger partial charge in [-0.1, -0.05) is 46.8 Å². The Bertz CT molecular complexity index is 2470. The number of nitrogens with zero attached hydrogens (tertiary/aromatic N) is 5. The van der Waals surface area contributed by atoms with E-state index in [0.29, 0.717) is 36.4 Å². The molecule has 6 heterocycles. The van der Waals surface area contributed by atoms with Crippen molar-refractivity contribution in [3.63, 3.8) is 0 Å². The lowest BCUT2D eigenvalue weighted by Gasteiger charge is -2.30. The first-order chi connectivity index (χ1) is 29.2. The molecule has 3 aliphatic rings. The number of amides is 4. The van der Waals surface area contributed by atoms with Gasteiger partial charge in [0.2, 0.25) is 11.8 Å². The number of hydrogen-bond donors (Lipinski definition) is 4. The van der Waals surface area contributed by atoms with E-state index in [1.165, 1.54) is 19.1 Å². The maximum absolute atomic E-state index is 14.9. The highest BCUT2D eigenvalue weighted by atomic mass is 19.1. The van der Waals surface area contributed by atoms with Gasteiger partial charge in [-0.2, -0.15) is 0 Å². The first-order valence-electron chi connectivity index (χ1n) is 20.7. The third kappa shape index (κ3) is 7.88. The normalized spacial score (nSPS) is 20.6. The van der Waals surface area contributed by atoms with Gasteiger partial charge >= 0.3 is 12.2 Å². The zero-order chi connectivity index (χ0) is 43.3. The molecular formula is C44H52FN9O7. The monoisotopic (exact) mass is 837 g/mol. The van der Waals surface area contributed by atoms with Gasteiger partial charge in [0, 0.05) is 35.0 Å². The molecule has 2 saturated heterocycles. The molecule has 0 bridgehead atoms. The van der Waals surface area contributed by atoms with E-state index in [0.717, 1.165) is 45.4 Å². The summed E-state index contributed by atoms with van der Waals surface area (Å²) in [5, 5.41) is 6.32. The summed E-state index contributed by atoms with van der Waals surface area (Å²) in [7, 11) is 2.51. The first-order valence-corrected chi connectivity index (χ1v) is 20.7. The quantitative estimate of drug-likeness (QED) is 0.118. The molecule has 0 spiro atoms. The second-order valence-electron chi connectivity index (χ2n) is 17.0. The highest BCUT2D eigenvalue weighted by molar-refractivity contribution is 5.92. The molecule has 0 aliphatic carbocycles. The topological polar surface area (TPSA) is 189 Å². The Kier molecular flexibility index (Phi) is 11.2.